The molecule has 0 aromatic heterocycles. The first-order chi connectivity index (χ1) is 6.70. The second-order valence-corrected chi connectivity index (χ2v) is 2.74. The van der Waals surface area contributed by atoms with Gasteiger partial charge < -0.3 is 0 Å². The highest BCUT2D eigenvalue weighted by Crippen LogP contribution is 2.01. The fraction of sp³-hybridized carbons (Fsp3) is 0.111. The summed E-state index contributed by atoms with van der Waals surface area (Å²) in [6, 6.07) is 9.05. The molecule has 0 atom stereocenters. The number of rotatable bonds is 4. The van der Waals surface area contributed by atoms with Crippen LogP contribution in [0.3, 0.4) is 0 Å². The zero-order valence-corrected chi connectivity index (χ0v) is 7.86. The van der Waals surface area contributed by atoms with Crippen LogP contribution in [0.25, 0.3) is 0 Å². The van der Waals surface area contributed by atoms with Crippen LogP contribution < -0.4 is 0 Å². The lowest BCUT2D eigenvalue weighted by Gasteiger charge is -2.00. The Bertz CT molecular complexity index is 323. The summed E-state index contributed by atoms with van der Waals surface area (Å²) in [6.45, 7) is 0.0801. The van der Waals surface area contributed by atoms with Gasteiger partial charge in [-0.15, -0.1) is 0 Å². The molecule has 0 heterocycles. The van der Waals surface area contributed by atoms with Crippen molar-refractivity contribution < 1.29 is 19.4 Å². The molecule has 0 spiro atoms. The topological polar surface area (TPSA) is 52.6 Å². The van der Waals surface area contributed by atoms with E-state index in [2.05, 4.69) is 9.78 Å². The zero-order chi connectivity index (χ0) is 10.4. The van der Waals surface area contributed by atoms with E-state index in [1.165, 1.54) is 0 Å². The highest BCUT2D eigenvalue weighted by atomic mass is 35.5. The van der Waals surface area contributed by atoms with Crippen molar-refractivity contribution in [1.29, 1.82) is 0 Å². The maximum Gasteiger partial charge on any atom is 0.424 e. The molecule has 0 aliphatic heterocycles. The van der Waals surface area contributed by atoms with Gasteiger partial charge in [-0.1, -0.05) is 30.3 Å². The predicted octanol–water partition coefficient (Wildman–Crippen LogP) is 1.43. The molecule has 14 heavy (non-hydrogen) atoms. The monoisotopic (exact) mass is 214 g/mol. The van der Waals surface area contributed by atoms with Crippen molar-refractivity contribution in [2.45, 2.75) is 6.61 Å². The van der Waals surface area contributed by atoms with Gasteiger partial charge in [0, 0.05) is 0 Å². The molecule has 0 amide bonds. The average Bonchev–Trinajstić information content (AvgIpc) is 2.19. The van der Waals surface area contributed by atoms with Crippen LogP contribution in [0.4, 0.5) is 0 Å². The number of benzene rings is 1. The van der Waals surface area contributed by atoms with E-state index in [4.69, 9.17) is 11.6 Å². The molecular weight excluding hydrogens is 208 g/mol. The van der Waals surface area contributed by atoms with Gasteiger partial charge in [0.15, 0.2) is 0 Å². The summed E-state index contributed by atoms with van der Waals surface area (Å²) in [5.41, 5.74) is 0.822. The third-order valence-electron chi connectivity index (χ3n) is 1.36. The maximum atomic E-state index is 10.5. The fourth-order valence-corrected chi connectivity index (χ4v) is 0.790. The smallest absolute Gasteiger partial charge is 0.288 e. The Kier molecular flexibility index (Phi) is 4.10. The minimum Gasteiger partial charge on any atom is -0.288 e. The Morgan fingerprint density at radius 2 is 1.86 bits per heavy atom. The SMILES string of the molecule is O=C(Cl)C(=O)OOCc1ccccc1. The molecule has 0 unspecified atom stereocenters. The standard InChI is InChI=1S/C9H7ClO4/c10-8(11)9(12)14-13-6-7-4-2-1-3-5-7/h1-5H,6H2. The molecule has 0 bridgehead atoms. The molecule has 74 valence electrons. The third-order valence-corrected chi connectivity index (χ3v) is 1.52. The highest BCUT2D eigenvalue weighted by molar-refractivity contribution is 6.80. The highest BCUT2D eigenvalue weighted by Gasteiger charge is 2.12. The zero-order valence-electron chi connectivity index (χ0n) is 7.10. The molecule has 5 heteroatoms. The number of carbonyl (C=O) groups excluding carboxylic acids is 2. The van der Waals surface area contributed by atoms with Crippen LogP contribution in [0, 0.1) is 0 Å². The van der Waals surface area contributed by atoms with E-state index < -0.39 is 11.2 Å². The van der Waals surface area contributed by atoms with E-state index in [1.807, 2.05) is 18.2 Å². The molecule has 0 radical (unpaired) electrons. The normalized spacial score (nSPS) is 9.50. The first kappa shape index (κ1) is 10.7. The van der Waals surface area contributed by atoms with E-state index in [1.54, 1.807) is 12.1 Å². The van der Waals surface area contributed by atoms with Crippen LogP contribution in [-0.2, 0) is 26.0 Å². The van der Waals surface area contributed by atoms with E-state index in [0.29, 0.717) is 0 Å². The first-order valence-corrected chi connectivity index (χ1v) is 4.15. The third kappa shape index (κ3) is 3.55. The molecular formula is C9H7ClO4. The number of hydrogen-bond acceptors (Lipinski definition) is 4. The molecule has 0 aliphatic rings. The summed E-state index contributed by atoms with van der Waals surface area (Å²) < 4.78 is 0. The number of carbonyl (C=O) groups is 2. The lowest BCUT2D eigenvalue weighted by atomic mass is 10.2. The average molecular weight is 215 g/mol. The molecule has 0 saturated heterocycles. The largest absolute Gasteiger partial charge is 0.424 e. The Morgan fingerprint density at radius 3 is 2.43 bits per heavy atom. The second-order valence-electron chi connectivity index (χ2n) is 2.39. The van der Waals surface area contributed by atoms with Crippen molar-refractivity contribution in [3.8, 4) is 0 Å². The van der Waals surface area contributed by atoms with Crippen molar-refractivity contribution in [2.24, 2.45) is 0 Å². The lowest BCUT2D eigenvalue weighted by molar-refractivity contribution is -0.276. The van der Waals surface area contributed by atoms with E-state index >= 15 is 0 Å². The van der Waals surface area contributed by atoms with Gasteiger partial charge in [0.1, 0.15) is 6.61 Å². The predicted molar refractivity (Wildman–Crippen MR) is 48.2 cm³/mol. The Hall–Kier alpha value is -1.39. The summed E-state index contributed by atoms with van der Waals surface area (Å²) in [6.07, 6.45) is 0. The summed E-state index contributed by atoms with van der Waals surface area (Å²) in [5.74, 6) is -1.22. The first-order valence-electron chi connectivity index (χ1n) is 3.77. The van der Waals surface area contributed by atoms with Crippen molar-refractivity contribution in [3.63, 3.8) is 0 Å². The van der Waals surface area contributed by atoms with Crippen LogP contribution >= 0.6 is 11.6 Å². The lowest BCUT2D eigenvalue weighted by Crippen LogP contribution is -2.11. The molecule has 1 aromatic rings. The molecule has 0 N–H and O–H groups in total. The van der Waals surface area contributed by atoms with Gasteiger partial charge in [0.2, 0.25) is 0 Å². The van der Waals surface area contributed by atoms with Crippen molar-refractivity contribution in [1.82, 2.24) is 0 Å². The fourth-order valence-electron chi connectivity index (χ4n) is 0.758. The van der Waals surface area contributed by atoms with Crippen molar-refractivity contribution in [3.05, 3.63) is 35.9 Å². The number of hydrogen-bond donors (Lipinski definition) is 0. The van der Waals surface area contributed by atoms with E-state index in [-0.39, 0.29) is 6.61 Å². The minimum absolute atomic E-state index is 0.0801. The number of halogens is 1. The van der Waals surface area contributed by atoms with Gasteiger partial charge in [0.25, 0.3) is 0 Å². The molecule has 1 rings (SSSR count). The van der Waals surface area contributed by atoms with Gasteiger partial charge in [-0.3, -0.25) is 9.68 Å². The minimum atomic E-state index is -1.22. The second kappa shape index (κ2) is 5.36. The van der Waals surface area contributed by atoms with Gasteiger partial charge >= 0.3 is 11.2 Å². The Balaban J connectivity index is 2.29. The van der Waals surface area contributed by atoms with Crippen LogP contribution in [-0.4, -0.2) is 11.2 Å². The summed E-state index contributed by atoms with van der Waals surface area (Å²) in [7, 11) is 0. The molecule has 1 aromatic carbocycles. The van der Waals surface area contributed by atoms with Crippen LogP contribution in [0.2, 0.25) is 0 Å². The molecule has 4 nitrogen and oxygen atoms in total. The van der Waals surface area contributed by atoms with Gasteiger partial charge in [-0.25, -0.2) is 4.79 Å². The quantitative estimate of drug-likeness (QED) is 0.329. The van der Waals surface area contributed by atoms with Crippen molar-refractivity contribution >= 4 is 22.8 Å². The molecule has 0 fully saturated rings. The molecule has 0 saturated carbocycles. The van der Waals surface area contributed by atoms with Crippen LogP contribution in [0.5, 0.6) is 0 Å². The maximum absolute atomic E-state index is 10.5. The van der Waals surface area contributed by atoms with Gasteiger partial charge in [-0.05, 0) is 17.2 Å². The van der Waals surface area contributed by atoms with Gasteiger partial charge in [0.05, 0.1) is 0 Å². The van der Waals surface area contributed by atoms with E-state index in [9.17, 15) is 9.59 Å². The van der Waals surface area contributed by atoms with Crippen LogP contribution in [0.1, 0.15) is 5.56 Å². The molecule has 0 aliphatic carbocycles. The summed E-state index contributed by atoms with van der Waals surface area (Å²) in [5, 5.41) is -1.21. The van der Waals surface area contributed by atoms with Crippen molar-refractivity contribution in [2.75, 3.05) is 0 Å². The van der Waals surface area contributed by atoms with Gasteiger partial charge in [-0.2, -0.15) is 4.89 Å². The van der Waals surface area contributed by atoms with E-state index in [0.717, 1.165) is 5.56 Å². The Morgan fingerprint density at radius 1 is 1.21 bits per heavy atom. The van der Waals surface area contributed by atoms with Crippen LogP contribution in [0.15, 0.2) is 30.3 Å². The summed E-state index contributed by atoms with van der Waals surface area (Å²) in [4.78, 5) is 29.3. The Labute approximate surface area is 85.3 Å². The summed E-state index contributed by atoms with van der Waals surface area (Å²) >= 11 is 4.82.